The van der Waals surface area contributed by atoms with Crippen LogP contribution in [0.2, 0.25) is 0 Å². The SMILES string of the molecule is NCl.O=P([O-])([O-])[O-].O=P([O-])([O-])[O-].O=P([O-])([O-])[O-].O=P([O-])([O-])[O-].[Sn+4].[Sn+4].[Sn+4]. The third kappa shape index (κ3) is 1790. The van der Waals surface area contributed by atoms with Crippen LogP contribution in [0.5, 0.6) is 0 Å². The van der Waals surface area contributed by atoms with Crippen LogP contribution < -0.4 is 64.0 Å². The second-order valence-electron chi connectivity index (χ2n) is 1.79. The Labute approximate surface area is 195 Å². The molecule has 0 bridgehead atoms. The zero-order valence-electron chi connectivity index (χ0n) is 10.8. The fourth-order valence-corrected chi connectivity index (χ4v) is 0. The van der Waals surface area contributed by atoms with Crippen LogP contribution >= 0.6 is 43.1 Å². The van der Waals surface area contributed by atoms with Crippen LogP contribution in [-0.2, 0) is 18.3 Å². The van der Waals surface area contributed by atoms with Crippen molar-refractivity contribution < 1.29 is 77.0 Å². The van der Waals surface area contributed by atoms with Gasteiger partial charge in [-0.05, 0) is 11.8 Å². The third-order valence-electron chi connectivity index (χ3n) is 0. The summed E-state index contributed by atoms with van der Waals surface area (Å²) in [5, 5.41) is 3.97. The molecule has 0 unspecified atom stereocenters. The van der Waals surface area contributed by atoms with Crippen LogP contribution in [-0.4, -0.2) is 71.7 Å². The van der Waals surface area contributed by atoms with Gasteiger partial charge in [0.15, 0.2) is 0 Å². The van der Waals surface area contributed by atoms with E-state index in [1.54, 1.807) is 0 Å². The van der Waals surface area contributed by atoms with Crippen LogP contribution in [0.4, 0.5) is 0 Å². The van der Waals surface area contributed by atoms with Gasteiger partial charge in [-0.1, -0.05) is 0 Å². The summed E-state index contributed by atoms with van der Waals surface area (Å²) in [6, 6.07) is 0. The number of rotatable bonds is 0. The molecule has 0 radical (unpaired) electrons. The molecular formula is H2ClNO16P4Sn3. The molecule has 142 valence electrons. The molecule has 0 heterocycles. The van der Waals surface area contributed by atoms with Gasteiger partial charge < -0.3 is 77.0 Å². The summed E-state index contributed by atoms with van der Waals surface area (Å²) in [6.07, 6.45) is 0. The van der Waals surface area contributed by atoms with Gasteiger partial charge in [0.25, 0.3) is 0 Å². The average Bonchev–Trinajstić information content (AvgIpc) is 1.92. The Morgan fingerprint density at radius 1 is 0.400 bits per heavy atom. The molecule has 2 N–H and O–H groups in total. The second kappa shape index (κ2) is 25.1. The molecule has 0 spiro atoms. The molecule has 0 atom stereocenters. The van der Waals surface area contributed by atoms with Gasteiger partial charge in [-0.3, -0.25) is 0 Å². The van der Waals surface area contributed by atoms with E-state index >= 15 is 0 Å². The monoisotopic (exact) mass is 791 g/mol. The number of hydrogen-bond donors (Lipinski definition) is 1. The van der Waals surface area contributed by atoms with Crippen LogP contribution in [0.25, 0.3) is 0 Å². The number of phosphoric acid groups is 4. The van der Waals surface area contributed by atoms with Crippen molar-refractivity contribution in [1.29, 1.82) is 0 Å². The van der Waals surface area contributed by atoms with Gasteiger partial charge in [0.2, 0.25) is 0 Å². The zero-order valence-corrected chi connectivity index (χ0v) is 23.7. The molecular weight excluding hydrogens is 785 g/mol. The molecule has 0 amide bonds. The maximum absolute atomic E-state index is 8.55. The molecule has 25 heteroatoms. The molecule has 0 rings (SSSR count). The van der Waals surface area contributed by atoms with Gasteiger partial charge in [0.05, 0.1) is 0 Å². The Morgan fingerprint density at radius 2 is 0.400 bits per heavy atom. The predicted molar refractivity (Wildman–Crippen MR) is 57.7 cm³/mol. The van der Waals surface area contributed by atoms with E-state index in [-0.39, 0.29) is 71.7 Å². The summed E-state index contributed by atoms with van der Waals surface area (Å²) in [6.45, 7) is 0. The van der Waals surface area contributed by atoms with E-state index in [0.29, 0.717) is 0 Å². The number of nitrogens with two attached hydrogens (primary N) is 1. The minimum Gasteiger partial charge on any atom is -0.822 e. The first-order valence-corrected chi connectivity index (χ1v) is 9.42. The van der Waals surface area contributed by atoms with Gasteiger partial charge in [-0.2, -0.15) is 31.3 Å². The molecule has 25 heavy (non-hydrogen) atoms. The molecule has 0 aromatic heterocycles. The van der Waals surface area contributed by atoms with Crippen molar-refractivity contribution in [2.75, 3.05) is 0 Å². The summed E-state index contributed by atoms with van der Waals surface area (Å²) in [5.41, 5.74) is 0. The molecule has 0 saturated carbocycles. The predicted octanol–water partition coefficient (Wildman–Crippen LogP) is -12.3. The van der Waals surface area contributed by atoms with Gasteiger partial charge in [-0.25, -0.2) is 5.25 Å². The maximum Gasteiger partial charge on any atom is 4.00 e. The summed E-state index contributed by atoms with van der Waals surface area (Å²) in [5.74, 6) is 0. The average molecular weight is 787 g/mol. The van der Waals surface area contributed by atoms with Crippen molar-refractivity contribution in [3.05, 3.63) is 0 Å². The smallest absolute Gasteiger partial charge is 0.822 e. The molecule has 0 fully saturated rings. The van der Waals surface area contributed by atoms with Crippen molar-refractivity contribution in [3.8, 4) is 0 Å². The molecule has 0 aliphatic carbocycles. The first-order chi connectivity index (χ1) is 9.00. The molecule has 0 aliphatic rings. The molecule has 17 nitrogen and oxygen atoms in total. The van der Waals surface area contributed by atoms with Crippen LogP contribution in [0.15, 0.2) is 0 Å². The van der Waals surface area contributed by atoms with Crippen molar-refractivity contribution in [2.24, 2.45) is 5.25 Å². The van der Waals surface area contributed by atoms with Crippen molar-refractivity contribution >= 4 is 115 Å². The van der Waals surface area contributed by atoms with Gasteiger partial charge >= 0.3 is 71.7 Å². The summed E-state index contributed by atoms with van der Waals surface area (Å²) in [4.78, 5) is 103. The Balaban J connectivity index is -0.0000000239. The summed E-state index contributed by atoms with van der Waals surface area (Å²) >= 11 is 4.14. The summed E-state index contributed by atoms with van der Waals surface area (Å²) in [7, 11) is -21.6. The first-order valence-electron chi connectivity index (χ1n) is 3.14. The van der Waals surface area contributed by atoms with Crippen LogP contribution in [0.1, 0.15) is 0 Å². The maximum atomic E-state index is 8.55. The van der Waals surface area contributed by atoms with E-state index in [1.807, 2.05) is 0 Å². The van der Waals surface area contributed by atoms with E-state index in [2.05, 4.69) is 17.0 Å². The Kier molecular flexibility index (Phi) is 51.3. The fourth-order valence-electron chi connectivity index (χ4n) is 0. The molecule has 0 saturated heterocycles. The van der Waals surface area contributed by atoms with Crippen LogP contribution in [0.3, 0.4) is 0 Å². The molecule has 0 aliphatic heterocycles. The second-order valence-corrected chi connectivity index (χ2v) is 5.37. The molecule has 0 aromatic carbocycles. The molecule has 0 aromatic rings. The van der Waals surface area contributed by atoms with Crippen molar-refractivity contribution in [2.45, 2.75) is 0 Å². The van der Waals surface area contributed by atoms with Crippen molar-refractivity contribution in [1.82, 2.24) is 0 Å². The van der Waals surface area contributed by atoms with E-state index in [4.69, 9.17) is 77.0 Å². The quantitative estimate of drug-likeness (QED) is 0.135. The topological polar surface area (TPSA) is 371 Å². The minimum absolute atomic E-state index is 0. The number of halogens is 1. The Hall–Kier alpha value is 3.09. The largest absolute Gasteiger partial charge is 4.00 e. The van der Waals surface area contributed by atoms with E-state index in [9.17, 15) is 0 Å². The van der Waals surface area contributed by atoms with Gasteiger partial charge in [0, 0.05) is 0 Å². The Morgan fingerprint density at radius 3 is 0.400 bits per heavy atom. The van der Waals surface area contributed by atoms with Crippen molar-refractivity contribution in [3.63, 3.8) is 0 Å². The van der Waals surface area contributed by atoms with E-state index < -0.39 is 31.3 Å². The normalized spacial score (nSPS) is 9.68. The summed E-state index contributed by atoms with van der Waals surface area (Å²) < 4.78 is 34.2. The Bertz CT molecular complexity index is 304. The van der Waals surface area contributed by atoms with Gasteiger partial charge in [0.1, 0.15) is 0 Å². The number of hydrogen-bond acceptors (Lipinski definition) is 17. The van der Waals surface area contributed by atoms with E-state index in [0.717, 1.165) is 0 Å². The minimum atomic E-state index is -5.39. The zero-order chi connectivity index (χ0) is 20.0. The third-order valence-corrected chi connectivity index (χ3v) is 0. The standard InChI is InChI=1S/ClH2N.4H3O4P.3Sn/c1-2;4*1-5(2,3)4;;;/h2H2;4*(H3,1,2,3,4);;;/q;;;;;3*+4/p-12. The van der Waals surface area contributed by atoms with E-state index in [1.165, 1.54) is 0 Å². The first kappa shape index (κ1) is 51.1. The van der Waals surface area contributed by atoms with Crippen LogP contribution in [0, 0.1) is 0 Å². The fraction of sp³-hybridized carbons (Fsp3) is 0. The van der Waals surface area contributed by atoms with Gasteiger partial charge in [-0.15, -0.1) is 0 Å².